The highest BCUT2D eigenvalue weighted by Gasteiger charge is 2.01. The van der Waals surface area contributed by atoms with Gasteiger partial charge >= 0.3 is 4.87 Å². The Morgan fingerprint density at radius 3 is 2.94 bits per heavy atom. The van der Waals surface area contributed by atoms with Gasteiger partial charge in [0.1, 0.15) is 0 Å². The summed E-state index contributed by atoms with van der Waals surface area (Å²) in [6.45, 7) is 1.33. The smallest absolute Gasteiger partial charge is 0.304 e. The van der Waals surface area contributed by atoms with Gasteiger partial charge in [-0.15, -0.1) is 0 Å². The van der Waals surface area contributed by atoms with E-state index in [4.69, 9.17) is 11.6 Å². The predicted molar refractivity (Wildman–Crippen MR) is 74.6 cm³/mol. The molecular formula is C11H10BrClN2OS. The molecule has 3 nitrogen and oxygen atoms in total. The first-order valence-corrected chi connectivity index (χ1v) is 7.01. The molecule has 0 saturated heterocycles. The molecule has 0 unspecified atom stereocenters. The van der Waals surface area contributed by atoms with Gasteiger partial charge in [0.15, 0.2) is 0 Å². The summed E-state index contributed by atoms with van der Waals surface area (Å²) in [7, 11) is 0. The number of hydrogen-bond acceptors (Lipinski definition) is 3. The van der Waals surface area contributed by atoms with Gasteiger partial charge < -0.3 is 10.3 Å². The third kappa shape index (κ3) is 3.67. The number of H-pyrrole nitrogens is 1. The highest BCUT2D eigenvalue weighted by atomic mass is 79.9. The van der Waals surface area contributed by atoms with Crippen molar-refractivity contribution in [2.24, 2.45) is 0 Å². The fourth-order valence-electron chi connectivity index (χ4n) is 1.41. The number of aromatic amines is 1. The first-order chi connectivity index (χ1) is 8.15. The van der Waals surface area contributed by atoms with E-state index in [-0.39, 0.29) is 4.87 Å². The van der Waals surface area contributed by atoms with Crippen LogP contribution in [-0.4, -0.2) is 4.98 Å². The van der Waals surface area contributed by atoms with Crippen molar-refractivity contribution in [3.8, 4) is 0 Å². The van der Waals surface area contributed by atoms with E-state index in [2.05, 4.69) is 26.2 Å². The SMILES string of the molecule is O=c1[nH]c(CNCc2cc(Cl)ccc2Br)cs1. The van der Waals surface area contributed by atoms with Gasteiger partial charge in [0.05, 0.1) is 0 Å². The zero-order chi connectivity index (χ0) is 12.3. The normalized spacial score (nSPS) is 10.7. The molecule has 0 spiro atoms. The molecule has 2 rings (SSSR count). The minimum Gasteiger partial charge on any atom is -0.315 e. The first-order valence-electron chi connectivity index (χ1n) is 4.96. The van der Waals surface area contributed by atoms with Crippen molar-refractivity contribution in [3.63, 3.8) is 0 Å². The third-order valence-electron chi connectivity index (χ3n) is 2.21. The van der Waals surface area contributed by atoms with Crippen LogP contribution in [0.5, 0.6) is 0 Å². The lowest BCUT2D eigenvalue weighted by atomic mass is 10.2. The Balaban J connectivity index is 1.94. The second-order valence-electron chi connectivity index (χ2n) is 3.51. The van der Waals surface area contributed by atoms with Crippen LogP contribution in [0.2, 0.25) is 5.02 Å². The Hall–Kier alpha value is -0.620. The molecule has 0 amide bonds. The van der Waals surface area contributed by atoms with Crippen molar-refractivity contribution >= 4 is 38.9 Å². The highest BCUT2D eigenvalue weighted by molar-refractivity contribution is 9.10. The monoisotopic (exact) mass is 332 g/mol. The molecule has 0 bridgehead atoms. The quantitative estimate of drug-likeness (QED) is 0.903. The van der Waals surface area contributed by atoms with Crippen LogP contribution in [0.25, 0.3) is 0 Å². The Morgan fingerprint density at radius 2 is 2.24 bits per heavy atom. The van der Waals surface area contributed by atoms with Crippen molar-refractivity contribution in [3.05, 3.63) is 54.0 Å². The van der Waals surface area contributed by atoms with Gasteiger partial charge in [-0.1, -0.05) is 38.9 Å². The number of hydrogen-bond donors (Lipinski definition) is 2. The molecule has 1 heterocycles. The zero-order valence-electron chi connectivity index (χ0n) is 8.80. The molecule has 6 heteroatoms. The molecule has 0 saturated carbocycles. The molecule has 0 fully saturated rings. The van der Waals surface area contributed by atoms with Crippen LogP contribution in [0.1, 0.15) is 11.3 Å². The summed E-state index contributed by atoms with van der Waals surface area (Å²) in [5, 5.41) is 5.79. The molecule has 17 heavy (non-hydrogen) atoms. The number of benzene rings is 1. The van der Waals surface area contributed by atoms with Gasteiger partial charge in [0, 0.05) is 33.7 Å². The third-order valence-corrected chi connectivity index (χ3v) is 3.94. The number of aromatic nitrogens is 1. The Morgan fingerprint density at radius 1 is 1.41 bits per heavy atom. The molecule has 0 radical (unpaired) electrons. The Bertz CT molecular complexity index is 567. The van der Waals surface area contributed by atoms with Gasteiger partial charge in [-0.25, -0.2) is 0 Å². The minimum absolute atomic E-state index is 0.0225. The lowest BCUT2D eigenvalue weighted by molar-refractivity contribution is 0.680. The Kier molecular flexibility index (Phi) is 4.39. The summed E-state index contributed by atoms with van der Waals surface area (Å²) < 4.78 is 1.02. The first kappa shape index (κ1) is 12.8. The van der Waals surface area contributed by atoms with E-state index in [1.54, 1.807) is 0 Å². The lowest BCUT2D eigenvalue weighted by Crippen LogP contribution is -2.14. The van der Waals surface area contributed by atoms with Gasteiger partial charge in [-0.2, -0.15) is 0 Å². The summed E-state index contributed by atoms with van der Waals surface area (Å²) in [4.78, 5) is 13.7. The van der Waals surface area contributed by atoms with Crippen molar-refractivity contribution in [1.29, 1.82) is 0 Å². The number of nitrogens with one attached hydrogen (secondary N) is 2. The van der Waals surface area contributed by atoms with Crippen LogP contribution < -0.4 is 10.2 Å². The molecular weight excluding hydrogens is 324 g/mol. The molecule has 0 aliphatic heterocycles. The van der Waals surface area contributed by atoms with Gasteiger partial charge in [-0.3, -0.25) is 4.79 Å². The maximum absolute atomic E-state index is 10.9. The van der Waals surface area contributed by atoms with E-state index in [0.29, 0.717) is 18.1 Å². The van der Waals surface area contributed by atoms with Crippen molar-refractivity contribution in [1.82, 2.24) is 10.3 Å². The summed E-state index contributed by atoms with van der Waals surface area (Å²) in [6.07, 6.45) is 0. The van der Waals surface area contributed by atoms with Crippen LogP contribution in [0, 0.1) is 0 Å². The molecule has 0 atom stereocenters. The van der Waals surface area contributed by atoms with E-state index in [1.807, 2.05) is 23.6 Å². The molecule has 90 valence electrons. The maximum Gasteiger partial charge on any atom is 0.304 e. The van der Waals surface area contributed by atoms with Gasteiger partial charge in [0.2, 0.25) is 0 Å². The largest absolute Gasteiger partial charge is 0.315 e. The van der Waals surface area contributed by atoms with E-state index in [1.165, 1.54) is 11.3 Å². The second-order valence-corrected chi connectivity index (χ2v) is 5.65. The van der Waals surface area contributed by atoms with Crippen molar-refractivity contribution in [2.75, 3.05) is 0 Å². The summed E-state index contributed by atoms with van der Waals surface area (Å²) in [5.74, 6) is 0. The average Bonchev–Trinajstić information content (AvgIpc) is 2.69. The molecule has 1 aromatic carbocycles. The van der Waals surface area contributed by atoms with Gasteiger partial charge in [-0.05, 0) is 23.8 Å². The second kappa shape index (κ2) is 5.82. The lowest BCUT2D eigenvalue weighted by Gasteiger charge is -2.06. The van der Waals surface area contributed by atoms with Crippen LogP contribution in [0.15, 0.2) is 32.8 Å². The maximum atomic E-state index is 10.9. The highest BCUT2D eigenvalue weighted by Crippen LogP contribution is 2.20. The standard InChI is InChI=1S/C11H10BrClN2OS/c12-10-2-1-8(13)3-7(10)4-14-5-9-6-17-11(16)15-9/h1-3,6,14H,4-5H2,(H,15,16). The fourth-order valence-corrected chi connectivity index (χ4v) is 2.57. The fraction of sp³-hybridized carbons (Fsp3) is 0.182. The van der Waals surface area contributed by atoms with Crippen LogP contribution in [0.4, 0.5) is 0 Å². The van der Waals surface area contributed by atoms with Crippen molar-refractivity contribution < 1.29 is 0 Å². The van der Waals surface area contributed by atoms with E-state index < -0.39 is 0 Å². The molecule has 1 aromatic heterocycles. The van der Waals surface area contributed by atoms with E-state index >= 15 is 0 Å². The zero-order valence-corrected chi connectivity index (χ0v) is 12.0. The predicted octanol–water partition coefficient (Wildman–Crippen LogP) is 3.14. The molecule has 2 aromatic rings. The van der Waals surface area contributed by atoms with Gasteiger partial charge in [0.25, 0.3) is 0 Å². The summed E-state index contributed by atoms with van der Waals surface area (Å²) >= 11 is 10.6. The van der Waals surface area contributed by atoms with E-state index in [9.17, 15) is 4.79 Å². The Labute approximate surface area is 116 Å². The molecule has 0 aliphatic rings. The summed E-state index contributed by atoms with van der Waals surface area (Å²) in [5.41, 5.74) is 1.99. The van der Waals surface area contributed by atoms with Crippen LogP contribution >= 0.6 is 38.9 Å². The molecule has 2 N–H and O–H groups in total. The minimum atomic E-state index is -0.0225. The van der Waals surface area contributed by atoms with E-state index in [0.717, 1.165) is 15.7 Å². The number of halogens is 2. The van der Waals surface area contributed by atoms with Crippen LogP contribution in [0.3, 0.4) is 0 Å². The average molecular weight is 334 g/mol. The topological polar surface area (TPSA) is 44.9 Å². The summed E-state index contributed by atoms with van der Waals surface area (Å²) in [6, 6.07) is 5.67. The molecule has 0 aliphatic carbocycles. The van der Waals surface area contributed by atoms with Crippen molar-refractivity contribution in [2.45, 2.75) is 13.1 Å². The van der Waals surface area contributed by atoms with Crippen LogP contribution in [-0.2, 0) is 13.1 Å². The number of thiazole rings is 1. The number of rotatable bonds is 4.